The Kier molecular flexibility index (Phi) is 5.29. The molecule has 0 aliphatic rings. The SMILES string of the molecule is [B]CC(=O)c1ccc(OCc2ccc(Cl)cc2)cc1OC. The van der Waals surface area contributed by atoms with E-state index in [2.05, 4.69) is 0 Å². The Hall–Kier alpha value is -1.94. The van der Waals surface area contributed by atoms with E-state index in [1.807, 2.05) is 24.3 Å². The average molecular weight is 301 g/mol. The number of ketones is 1. The van der Waals surface area contributed by atoms with Gasteiger partial charge in [-0.3, -0.25) is 4.79 Å². The summed E-state index contributed by atoms with van der Waals surface area (Å²) in [5, 5.41) is 0.685. The van der Waals surface area contributed by atoms with Crippen molar-refractivity contribution in [3.05, 3.63) is 58.6 Å². The Balaban J connectivity index is 2.10. The molecule has 2 radical (unpaired) electrons. The number of halogens is 1. The molecule has 0 saturated heterocycles. The van der Waals surface area contributed by atoms with Crippen LogP contribution < -0.4 is 9.47 Å². The molecule has 5 heteroatoms. The standard InChI is InChI=1S/C16H14BClO3/c1-20-16-8-13(6-7-14(16)15(19)9-17)21-10-11-2-4-12(18)5-3-11/h2-8H,9-10H2,1H3. The Morgan fingerprint density at radius 1 is 1.19 bits per heavy atom. The Morgan fingerprint density at radius 2 is 1.90 bits per heavy atom. The first-order chi connectivity index (χ1) is 10.1. The molecule has 0 aliphatic carbocycles. The molecule has 0 amide bonds. The molecule has 0 heterocycles. The Bertz CT molecular complexity index is 626. The molecule has 21 heavy (non-hydrogen) atoms. The molecular weight excluding hydrogens is 286 g/mol. The van der Waals surface area contributed by atoms with Crippen molar-refractivity contribution in [2.75, 3.05) is 7.11 Å². The third-order valence-electron chi connectivity index (χ3n) is 2.98. The van der Waals surface area contributed by atoms with Gasteiger partial charge in [0.25, 0.3) is 0 Å². The third kappa shape index (κ3) is 4.02. The number of methoxy groups -OCH3 is 1. The number of Topliss-reactive ketones (excluding diaryl/α,β-unsaturated/α-hetero) is 1. The lowest BCUT2D eigenvalue weighted by molar-refractivity contribution is 0.101. The van der Waals surface area contributed by atoms with Gasteiger partial charge in [-0.15, -0.1) is 0 Å². The zero-order valence-electron chi connectivity index (χ0n) is 11.6. The van der Waals surface area contributed by atoms with Crippen molar-refractivity contribution in [1.29, 1.82) is 0 Å². The van der Waals surface area contributed by atoms with E-state index in [0.717, 1.165) is 5.56 Å². The number of benzene rings is 2. The fourth-order valence-corrected chi connectivity index (χ4v) is 1.97. The maximum absolute atomic E-state index is 11.7. The maximum Gasteiger partial charge on any atom is 0.158 e. The van der Waals surface area contributed by atoms with Crippen LogP contribution in [0.2, 0.25) is 11.3 Å². The predicted octanol–water partition coefficient (Wildman–Crippen LogP) is 3.70. The fourth-order valence-electron chi connectivity index (χ4n) is 1.85. The van der Waals surface area contributed by atoms with Crippen LogP contribution in [0, 0.1) is 0 Å². The van der Waals surface area contributed by atoms with Crippen LogP contribution >= 0.6 is 11.6 Å². The lowest BCUT2D eigenvalue weighted by atomic mass is 9.95. The minimum absolute atomic E-state index is 0.0542. The molecule has 3 nitrogen and oxygen atoms in total. The summed E-state index contributed by atoms with van der Waals surface area (Å²) in [5.41, 5.74) is 1.46. The van der Waals surface area contributed by atoms with E-state index in [1.54, 1.807) is 18.2 Å². The summed E-state index contributed by atoms with van der Waals surface area (Å²) in [5.74, 6) is 0.908. The van der Waals surface area contributed by atoms with Crippen molar-refractivity contribution in [3.8, 4) is 11.5 Å². The van der Waals surface area contributed by atoms with Gasteiger partial charge < -0.3 is 9.47 Å². The topological polar surface area (TPSA) is 35.5 Å². The minimum Gasteiger partial charge on any atom is -0.496 e. The molecule has 2 aromatic rings. The molecule has 0 spiro atoms. The Labute approximate surface area is 130 Å². The zero-order valence-corrected chi connectivity index (χ0v) is 12.4. The first-order valence-electron chi connectivity index (χ1n) is 6.42. The number of ether oxygens (including phenoxy) is 2. The first-order valence-corrected chi connectivity index (χ1v) is 6.80. The van der Waals surface area contributed by atoms with Gasteiger partial charge in [0.05, 0.1) is 20.5 Å². The summed E-state index contributed by atoms with van der Waals surface area (Å²) in [4.78, 5) is 11.7. The molecule has 106 valence electrons. The van der Waals surface area contributed by atoms with Gasteiger partial charge in [-0.2, -0.15) is 0 Å². The van der Waals surface area contributed by atoms with Crippen LogP contribution in [0.1, 0.15) is 15.9 Å². The van der Waals surface area contributed by atoms with E-state index in [-0.39, 0.29) is 12.1 Å². The number of carbonyl (C=O) groups is 1. The largest absolute Gasteiger partial charge is 0.496 e. The van der Waals surface area contributed by atoms with E-state index >= 15 is 0 Å². The highest BCUT2D eigenvalue weighted by Gasteiger charge is 2.11. The van der Waals surface area contributed by atoms with Gasteiger partial charge in [0.2, 0.25) is 0 Å². The van der Waals surface area contributed by atoms with Gasteiger partial charge >= 0.3 is 0 Å². The van der Waals surface area contributed by atoms with Gasteiger partial charge in [0.1, 0.15) is 18.1 Å². The van der Waals surface area contributed by atoms with Crippen molar-refractivity contribution >= 4 is 25.2 Å². The van der Waals surface area contributed by atoms with E-state index < -0.39 is 0 Å². The van der Waals surface area contributed by atoms with E-state index in [4.69, 9.17) is 28.9 Å². The molecule has 0 N–H and O–H groups in total. The van der Waals surface area contributed by atoms with Gasteiger partial charge in [-0.1, -0.05) is 23.7 Å². The summed E-state index contributed by atoms with van der Waals surface area (Å²) in [7, 11) is 6.87. The normalized spacial score (nSPS) is 10.2. The van der Waals surface area contributed by atoms with Crippen LogP contribution in [0.3, 0.4) is 0 Å². The van der Waals surface area contributed by atoms with Gasteiger partial charge in [-0.05, 0) is 36.1 Å². The van der Waals surface area contributed by atoms with Crippen LogP contribution in [0.5, 0.6) is 11.5 Å². The molecule has 0 fully saturated rings. The van der Waals surface area contributed by atoms with Gasteiger partial charge in [0, 0.05) is 11.1 Å². The molecule has 2 rings (SSSR count). The number of rotatable bonds is 6. The number of carbonyl (C=O) groups excluding carboxylic acids is 1. The average Bonchev–Trinajstić information content (AvgIpc) is 2.53. The summed E-state index contributed by atoms with van der Waals surface area (Å²) >= 11 is 5.83. The summed E-state index contributed by atoms with van der Waals surface area (Å²) in [6.07, 6.45) is -0.0542. The smallest absolute Gasteiger partial charge is 0.158 e. The molecule has 0 aromatic heterocycles. The highest BCUT2D eigenvalue weighted by molar-refractivity contribution is 6.30. The lowest BCUT2D eigenvalue weighted by Gasteiger charge is -2.11. The minimum atomic E-state index is -0.170. The maximum atomic E-state index is 11.7. The van der Waals surface area contributed by atoms with Crippen molar-refractivity contribution in [2.45, 2.75) is 12.9 Å². The monoisotopic (exact) mass is 300 g/mol. The van der Waals surface area contributed by atoms with E-state index in [0.29, 0.717) is 28.7 Å². The molecule has 0 saturated carbocycles. The predicted molar refractivity (Wildman–Crippen MR) is 83.7 cm³/mol. The van der Waals surface area contributed by atoms with Gasteiger partial charge in [0.15, 0.2) is 5.78 Å². The third-order valence-corrected chi connectivity index (χ3v) is 3.23. The second-order valence-electron chi connectivity index (χ2n) is 4.40. The molecule has 0 bridgehead atoms. The van der Waals surface area contributed by atoms with Crippen LogP contribution in [-0.2, 0) is 6.61 Å². The van der Waals surface area contributed by atoms with Crippen molar-refractivity contribution < 1.29 is 14.3 Å². The van der Waals surface area contributed by atoms with Crippen molar-refractivity contribution in [2.24, 2.45) is 0 Å². The lowest BCUT2D eigenvalue weighted by Crippen LogP contribution is -2.02. The number of hydrogen-bond donors (Lipinski definition) is 0. The van der Waals surface area contributed by atoms with E-state index in [1.165, 1.54) is 7.11 Å². The van der Waals surface area contributed by atoms with Crippen LogP contribution in [0.4, 0.5) is 0 Å². The highest BCUT2D eigenvalue weighted by Crippen LogP contribution is 2.26. The van der Waals surface area contributed by atoms with Gasteiger partial charge in [-0.25, -0.2) is 0 Å². The molecular formula is C16H14BClO3. The van der Waals surface area contributed by atoms with Crippen LogP contribution in [0.25, 0.3) is 0 Å². The van der Waals surface area contributed by atoms with Crippen LogP contribution in [-0.4, -0.2) is 20.7 Å². The quantitative estimate of drug-likeness (QED) is 0.603. The van der Waals surface area contributed by atoms with Crippen molar-refractivity contribution in [3.63, 3.8) is 0 Å². The molecule has 0 atom stereocenters. The first kappa shape index (κ1) is 15.5. The Morgan fingerprint density at radius 3 is 2.52 bits per heavy atom. The zero-order chi connectivity index (χ0) is 15.2. The molecule has 0 unspecified atom stereocenters. The van der Waals surface area contributed by atoms with Crippen molar-refractivity contribution in [1.82, 2.24) is 0 Å². The summed E-state index contributed by atoms with van der Waals surface area (Å²) in [6.45, 7) is 0.407. The molecule has 0 aliphatic heterocycles. The van der Waals surface area contributed by atoms with Crippen LogP contribution in [0.15, 0.2) is 42.5 Å². The summed E-state index contributed by atoms with van der Waals surface area (Å²) in [6, 6.07) is 12.5. The fraction of sp³-hybridized carbons (Fsp3) is 0.188. The second kappa shape index (κ2) is 7.18. The molecule has 2 aromatic carbocycles. The summed E-state index contributed by atoms with van der Waals surface area (Å²) < 4.78 is 10.9. The number of hydrogen-bond acceptors (Lipinski definition) is 3. The highest BCUT2D eigenvalue weighted by atomic mass is 35.5. The van der Waals surface area contributed by atoms with E-state index in [9.17, 15) is 4.79 Å². The second-order valence-corrected chi connectivity index (χ2v) is 4.84.